The van der Waals surface area contributed by atoms with Crippen molar-refractivity contribution in [3.63, 3.8) is 0 Å². The van der Waals surface area contributed by atoms with Crippen LogP contribution < -0.4 is 11.2 Å². The molecule has 1 aromatic rings. The van der Waals surface area contributed by atoms with Crippen LogP contribution in [-0.2, 0) is 14.1 Å². The standard InChI is InChI=1S/C22H36N4O2S/c1-10-15(6)18(23-17(11-2)12-3)13-29-20(14(4)5)24-19-16(7)21(27)26(9)22(28)25(19)8/h11,14-15H,10,12-13H2,1-9H3/b17-11-,23-18?,24-20?. The number of rotatable bonds is 8. The smallest absolute Gasteiger partial charge is 0.281 e. The molecule has 1 aromatic heterocycles. The summed E-state index contributed by atoms with van der Waals surface area (Å²) >= 11 is 1.64. The first-order valence-electron chi connectivity index (χ1n) is 10.3. The summed E-state index contributed by atoms with van der Waals surface area (Å²) in [5.41, 5.74) is 2.05. The first-order valence-corrected chi connectivity index (χ1v) is 11.3. The lowest BCUT2D eigenvalue weighted by molar-refractivity contribution is 0.680. The van der Waals surface area contributed by atoms with E-state index in [-0.39, 0.29) is 17.2 Å². The molecule has 162 valence electrons. The summed E-state index contributed by atoms with van der Waals surface area (Å²) in [7, 11) is 3.15. The Morgan fingerprint density at radius 2 is 1.76 bits per heavy atom. The minimum absolute atomic E-state index is 0.170. The molecule has 0 saturated heterocycles. The molecule has 1 heterocycles. The van der Waals surface area contributed by atoms with Crippen molar-refractivity contribution in [1.82, 2.24) is 9.13 Å². The molecular weight excluding hydrogens is 384 g/mol. The van der Waals surface area contributed by atoms with Crippen molar-refractivity contribution < 1.29 is 0 Å². The van der Waals surface area contributed by atoms with Crippen LogP contribution in [0.1, 0.15) is 59.9 Å². The SMILES string of the molecule is C/C=C(/CC)N=C(CSC(=Nc1c(C)c(=O)n(C)c(=O)n1C)C(C)C)C(C)CC. The Morgan fingerprint density at radius 1 is 1.14 bits per heavy atom. The second kappa shape index (κ2) is 11.3. The van der Waals surface area contributed by atoms with E-state index in [9.17, 15) is 9.59 Å². The Hall–Kier alpha value is -1.89. The largest absolute Gasteiger partial charge is 0.332 e. The predicted molar refractivity (Wildman–Crippen MR) is 127 cm³/mol. The van der Waals surface area contributed by atoms with Gasteiger partial charge in [-0.2, -0.15) is 0 Å². The number of nitrogens with zero attached hydrogens (tertiary/aromatic N) is 4. The van der Waals surface area contributed by atoms with Crippen LogP contribution in [0.3, 0.4) is 0 Å². The Morgan fingerprint density at radius 3 is 2.24 bits per heavy atom. The Balaban J connectivity index is 3.36. The van der Waals surface area contributed by atoms with Crippen molar-refractivity contribution in [1.29, 1.82) is 0 Å². The number of thioether (sulfide) groups is 1. The second-order valence-corrected chi connectivity index (χ2v) is 8.59. The number of aliphatic imine (C=N–C) groups is 2. The number of hydrogen-bond donors (Lipinski definition) is 0. The monoisotopic (exact) mass is 420 g/mol. The fraction of sp³-hybridized carbons (Fsp3) is 0.636. The minimum Gasteiger partial charge on any atom is -0.281 e. The molecule has 1 rings (SSSR count). The maximum Gasteiger partial charge on any atom is 0.332 e. The Bertz CT molecular complexity index is 883. The summed E-state index contributed by atoms with van der Waals surface area (Å²) in [6.07, 6.45) is 3.99. The summed E-state index contributed by atoms with van der Waals surface area (Å²) in [6.45, 7) is 14.4. The van der Waals surface area contributed by atoms with E-state index in [1.165, 1.54) is 11.6 Å². The Labute approximate surface area is 178 Å². The third-order valence-electron chi connectivity index (χ3n) is 5.09. The molecular formula is C22H36N4O2S. The summed E-state index contributed by atoms with van der Waals surface area (Å²) in [5, 5.41) is 0.894. The van der Waals surface area contributed by atoms with E-state index in [4.69, 9.17) is 9.98 Å². The predicted octanol–water partition coefficient (Wildman–Crippen LogP) is 4.61. The van der Waals surface area contributed by atoms with Crippen LogP contribution in [0.15, 0.2) is 31.3 Å². The quantitative estimate of drug-likeness (QED) is 0.455. The van der Waals surface area contributed by atoms with Gasteiger partial charge < -0.3 is 0 Å². The molecule has 0 fully saturated rings. The van der Waals surface area contributed by atoms with Crippen LogP contribution in [0.4, 0.5) is 5.82 Å². The number of aromatic nitrogens is 2. The number of allylic oxidation sites excluding steroid dienone is 2. The van der Waals surface area contributed by atoms with E-state index in [0.717, 1.165) is 39.6 Å². The van der Waals surface area contributed by atoms with Gasteiger partial charge in [0.05, 0.1) is 10.6 Å². The van der Waals surface area contributed by atoms with E-state index in [1.807, 2.05) is 6.92 Å². The van der Waals surface area contributed by atoms with Gasteiger partial charge in [-0.1, -0.05) is 40.7 Å². The van der Waals surface area contributed by atoms with Crippen LogP contribution in [0, 0.1) is 18.8 Å². The van der Waals surface area contributed by atoms with E-state index < -0.39 is 0 Å². The van der Waals surface area contributed by atoms with Gasteiger partial charge in [-0.25, -0.2) is 9.79 Å². The lowest BCUT2D eigenvalue weighted by Gasteiger charge is -2.17. The third kappa shape index (κ3) is 6.29. The fourth-order valence-corrected chi connectivity index (χ4v) is 3.92. The molecule has 1 atom stereocenters. The maximum absolute atomic E-state index is 12.3. The van der Waals surface area contributed by atoms with Gasteiger partial charge in [-0.05, 0) is 32.6 Å². The van der Waals surface area contributed by atoms with Crippen molar-refractivity contribution in [3.8, 4) is 0 Å². The molecule has 7 heteroatoms. The van der Waals surface area contributed by atoms with Gasteiger partial charge in [0.2, 0.25) is 0 Å². The zero-order valence-electron chi connectivity index (χ0n) is 19.4. The average Bonchev–Trinajstić information content (AvgIpc) is 2.71. The first kappa shape index (κ1) is 25.1. The molecule has 0 amide bonds. The molecule has 0 spiro atoms. The molecule has 0 N–H and O–H groups in total. The van der Waals surface area contributed by atoms with Crippen LogP contribution in [-0.4, -0.2) is 25.6 Å². The molecule has 6 nitrogen and oxygen atoms in total. The summed E-state index contributed by atoms with van der Waals surface area (Å²) in [4.78, 5) is 34.3. The van der Waals surface area contributed by atoms with Gasteiger partial charge in [-0.15, -0.1) is 11.8 Å². The maximum atomic E-state index is 12.3. The van der Waals surface area contributed by atoms with Crippen LogP contribution in [0.25, 0.3) is 0 Å². The molecule has 1 unspecified atom stereocenters. The summed E-state index contributed by atoms with van der Waals surface area (Å²) in [6, 6.07) is 0. The molecule has 0 aliphatic heterocycles. The molecule has 0 radical (unpaired) electrons. The highest BCUT2D eigenvalue weighted by Gasteiger charge is 2.17. The average molecular weight is 421 g/mol. The van der Waals surface area contributed by atoms with Crippen molar-refractivity contribution in [2.24, 2.45) is 35.9 Å². The van der Waals surface area contributed by atoms with Crippen LogP contribution >= 0.6 is 11.8 Å². The first-order chi connectivity index (χ1) is 13.6. The normalized spacial score (nSPS) is 14.6. The topological polar surface area (TPSA) is 68.7 Å². The lowest BCUT2D eigenvalue weighted by Crippen LogP contribution is -2.38. The zero-order chi connectivity index (χ0) is 22.3. The second-order valence-electron chi connectivity index (χ2n) is 7.59. The van der Waals surface area contributed by atoms with Gasteiger partial charge in [0.25, 0.3) is 5.56 Å². The van der Waals surface area contributed by atoms with Crippen molar-refractivity contribution in [3.05, 3.63) is 38.2 Å². The van der Waals surface area contributed by atoms with E-state index in [2.05, 4.69) is 40.7 Å². The van der Waals surface area contributed by atoms with Crippen molar-refractivity contribution in [2.75, 3.05) is 5.75 Å². The van der Waals surface area contributed by atoms with Gasteiger partial charge in [0.15, 0.2) is 0 Å². The van der Waals surface area contributed by atoms with Crippen LogP contribution in [0.5, 0.6) is 0 Å². The van der Waals surface area contributed by atoms with Gasteiger partial charge in [-0.3, -0.25) is 18.9 Å². The summed E-state index contributed by atoms with van der Waals surface area (Å²) < 4.78 is 2.56. The molecule has 0 aliphatic rings. The van der Waals surface area contributed by atoms with Gasteiger partial charge >= 0.3 is 5.69 Å². The molecule has 0 aromatic carbocycles. The van der Waals surface area contributed by atoms with Crippen molar-refractivity contribution in [2.45, 2.75) is 61.3 Å². The van der Waals surface area contributed by atoms with Crippen molar-refractivity contribution >= 4 is 28.3 Å². The molecule has 0 saturated carbocycles. The van der Waals surface area contributed by atoms with E-state index in [0.29, 0.717) is 17.3 Å². The summed E-state index contributed by atoms with van der Waals surface area (Å²) in [5.74, 6) is 1.72. The third-order valence-corrected chi connectivity index (χ3v) is 6.39. The van der Waals surface area contributed by atoms with Gasteiger partial charge in [0.1, 0.15) is 5.82 Å². The minimum atomic E-state index is -0.366. The van der Waals surface area contributed by atoms with Crippen LogP contribution in [0.2, 0.25) is 0 Å². The fourth-order valence-electron chi connectivity index (χ4n) is 2.79. The molecule has 0 bridgehead atoms. The Kier molecular flexibility index (Phi) is 9.83. The molecule has 0 aliphatic carbocycles. The zero-order valence-corrected chi connectivity index (χ0v) is 20.2. The van der Waals surface area contributed by atoms with E-state index in [1.54, 1.807) is 25.7 Å². The highest BCUT2D eigenvalue weighted by atomic mass is 32.2. The van der Waals surface area contributed by atoms with Gasteiger partial charge in [0, 0.05) is 37.2 Å². The highest BCUT2D eigenvalue weighted by Crippen LogP contribution is 2.23. The van der Waals surface area contributed by atoms with E-state index >= 15 is 0 Å². The number of hydrogen-bond acceptors (Lipinski definition) is 5. The highest BCUT2D eigenvalue weighted by molar-refractivity contribution is 8.14. The molecule has 29 heavy (non-hydrogen) atoms. The lowest BCUT2D eigenvalue weighted by atomic mass is 10.0.